The third kappa shape index (κ3) is 5.31. The van der Waals surface area contributed by atoms with Gasteiger partial charge >= 0.3 is 0 Å². The van der Waals surface area contributed by atoms with Crippen LogP contribution in [0.2, 0.25) is 12.1 Å². The van der Waals surface area contributed by atoms with E-state index >= 15 is 0 Å². The summed E-state index contributed by atoms with van der Waals surface area (Å²) in [6.45, 7) is 9.64. The molecular formula is C9H26BN. The molecule has 70 valence electrons. The molecule has 0 saturated carbocycles. The molecule has 0 saturated heterocycles. The van der Waals surface area contributed by atoms with Crippen LogP contribution in [0.1, 0.15) is 42.0 Å². The van der Waals surface area contributed by atoms with E-state index in [1.165, 1.54) is 6.42 Å². The van der Waals surface area contributed by atoms with Crippen molar-refractivity contribution in [2.45, 2.75) is 54.2 Å². The molecule has 1 N–H and O–H groups in total. The molecular weight excluding hydrogens is 133 g/mol. The predicted molar refractivity (Wildman–Crippen MR) is 58.5 cm³/mol. The largest absolute Gasteiger partial charge is 0.358 e. The number of hydrogen-bond donors (Lipinski definition) is 1. The Bertz CT molecular complexity index is 81.6. The lowest BCUT2D eigenvalue weighted by Gasteiger charge is -2.26. The zero-order valence-corrected chi connectivity index (χ0v) is 7.28. The zero-order chi connectivity index (χ0) is 7.49. The lowest BCUT2D eigenvalue weighted by molar-refractivity contribution is 0.622. The van der Waals surface area contributed by atoms with E-state index < -0.39 is 0 Å². The fourth-order valence-electron chi connectivity index (χ4n) is 0.697. The van der Waals surface area contributed by atoms with Crippen molar-refractivity contribution in [1.29, 1.82) is 0 Å². The van der Waals surface area contributed by atoms with Crippen LogP contribution in [0.4, 0.5) is 0 Å². The molecule has 0 rings (SSSR count). The van der Waals surface area contributed by atoms with Crippen LogP contribution in [0.25, 0.3) is 0 Å². The van der Waals surface area contributed by atoms with Crippen molar-refractivity contribution in [1.82, 2.24) is 5.23 Å². The Morgan fingerprint density at radius 1 is 1.27 bits per heavy atom. The van der Waals surface area contributed by atoms with Gasteiger partial charge in [0.15, 0.2) is 0 Å². The van der Waals surface area contributed by atoms with Crippen molar-refractivity contribution in [3.8, 4) is 0 Å². The average molecular weight is 159 g/mol. The molecule has 0 atom stereocenters. The Kier molecular flexibility index (Phi) is 10.5. The van der Waals surface area contributed by atoms with E-state index in [2.05, 4.69) is 32.8 Å². The van der Waals surface area contributed by atoms with Crippen LogP contribution < -0.4 is 5.23 Å². The van der Waals surface area contributed by atoms with E-state index in [1.807, 2.05) is 7.05 Å². The first kappa shape index (κ1) is 17.2. The molecule has 0 aromatic heterocycles. The molecule has 0 radical (unpaired) electrons. The molecule has 0 heterocycles. The third-order valence-electron chi connectivity index (χ3n) is 2.52. The molecule has 0 aromatic carbocycles. The summed E-state index contributed by atoms with van der Waals surface area (Å²) >= 11 is 0. The Morgan fingerprint density at radius 3 is 1.73 bits per heavy atom. The number of nitrogens with one attached hydrogen (secondary N) is 1. The second-order valence-electron chi connectivity index (χ2n) is 3.35. The maximum atomic E-state index is 3.26. The van der Waals surface area contributed by atoms with Gasteiger partial charge in [0.2, 0.25) is 6.85 Å². The molecule has 0 amide bonds. The second kappa shape index (κ2) is 6.72. The minimum Gasteiger partial charge on any atom is -0.358 e. The van der Waals surface area contributed by atoms with E-state index in [4.69, 9.17) is 0 Å². The zero-order valence-electron chi connectivity index (χ0n) is 7.28. The summed E-state index contributed by atoms with van der Waals surface area (Å²) in [5.41, 5.74) is 0. The smallest absolute Gasteiger partial charge is 0.222 e. The molecule has 0 unspecified atom stereocenters. The Labute approximate surface area is 74.1 Å². The number of hydrogen-bond acceptors (Lipinski definition) is 1. The first-order valence-corrected chi connectivity index (χ1v) is 3.72. The van der Waals surface area contributed by atoms with E-state index in [9.17, 15) is 0 Å². The van der Waals surface area contributed by atoms with Crippen LogP contribution in [-0.4, -0.2) is 13.9 Å². The first-order chi connectivity index (χ1) is 4.04. The Morgan fingerprint density at radius 2 is 1.64 bits per heavy atom. The normalized spacial score (nSPS) is 9.55. The van der Waals surface area contributed by atoms with Crippen LogP contribution in [0.5, 0.6) is 0 Å². The van der Waals surface area contributed by atoms with Crippen LogP contribution >= 0.6 is 0 Å². The standard InChI is InChI=1S/C7H18BN.2CH4/c1-6-7(2,3)8(4)9-5;;/h9H,6H2,1-5H3;2*1H4. The molecule has 0 bridgehead atoms. The highest BCUT2D eigenvalue weighted by Gasteiger charge is 2.25. The summed E-state index contributed by atoms with van der Waals surface area (Å²) in [5, 5.41) is 3.70. The van der Waals surface area contributed by atoms with Crippen molar-refractivity contribution in [2.75, 3.05) is 7.05 Å². The number of rotatable bonds is 3. The minimum absolute atomic E-state index is 0. The minimum atomic E-state index is 0. The molecule has 0 aliphatic carbocycles. The molecule has 1 nitrogen and oxygen atoms in total. The fourth-order valence-corrected chi connectivity index (χ4v) is 0.697. The second-order valence-corrected chi connectivity index (χ2v) is 3.35. The maximum absolute atomic E-state index is 3.26. The SMILES string of the molecule is C.C.CCC(C)(C)B(C)NC. The van der Waals surface area contributed by atoms with Crippen molar-refractivity contribution in [3.05, 3.63) is 0 Å². The van der Waals surface area contributed by atoms with Gasteiger partial charge in [0.1, 0.15) is 0 Å². The van der Waals surface area contributed by atoms with E-state index in [-0.39, 0.29) is 14.9 Å². The van der Waals surface area contributed by atoms with E-state index in [1.54, 1.807) is 0 Å². The topological polar surface area (TPSA) is 12.0 Å². The molecule has 0 spiro atoms. The highest BCUT2D eigenvalue weighted by molar-refractivity contribution is 6.57. The Balaban J connectivity index is -0.000000320. The van der Waals surface area contributed by atoms with Crippen molar-refractivity contribution >= 4 is 6.85 Å². The van der Waals surface area contributed by atoms with Gasteiger partial charge in [-0.1, -0.05) is 48.9 Å². The van der Waals surface area contributed by atoms with Crippen molar-refractivity contribution in [3.63, 3.8) is 0 Å². The first-order valence-electron chi connectivity index (χ1n) is 3.72. The van der Waals surface area contributed by atoms with Gasteiger partial charge in [0, 0.05) is 0 Å². The lowest BCUT2D eigenvalue weighted by Crippen LogP contribution is -2.37. The summed E-state index contributed by atoms with van der Waals surface area (Å²) in [6, 6.07) is 0. The molecule has 0 aliphatic rings. The van der Waals surface area contributed by atoms with Gasteiger partial charge in [-0.15, -0.1) is 0 Å². The monoisotopic (exact) mass is 159 g/mol. The van der Waals surface area contributed by atoms with Crippen LogP contribution in [0, 0.1) is 0 Å². The van der Waals surface area contributed by atoms with Crippen LogP contribution in [0.3, 0.4) is 0 Å². The summed E-state index contributed by atoms with van der Waals surface area (Å²) in [5.74, 6) is 0. The quantitative estimate of drug-likeness (QED) is 0.623. The van der Waals surface area contributed by atoms with E-state index in [0.717, 1.165) is 0 Å². The van der Waals surface area contributed by atoms with Crippen molar-refractivity contribution < 1.29 is 0 Å². The average Bonchev–Trinajstić information content (AvgIpc) is 1.86. The fraction of sp³-hybridized carbons (Fsp3) is 1.00. The molecule has 0 aliphatic heterocycles. The van der Waals surface area contributed by atoms with Gasteiger partial charge in [-0.05, 0) is 12.4 Å². The van der Waals surface area contributed by atoms with E-state index in [0.29, 0.717) is 12.2 Å². The molecule has 0 aromatic rings. The molecule has 2 heteroatoms. The summed E-state index contributed by atoms with van der Waals surface area (Å²) in [4.78, 5) is 0. The van der Waals surface area contributed by atoms with Gasteiger partial charge in [-0.3, -0.25) is 0 Å². The third-order valence-corrected chi connectivity index (χ3v) is 2.52. The van der Waals surface area contributed by atoms with Gasteiger partial charge in [0.05, 0.1) is 0 Å². The van der Waals surface area contributed by atoms with Crippen LogP contribution in [-0.2, 0) is 0 Å². The summed E-state index contributed by atoms with van der Waals surface area (Å²) in [6.07, 6.45) is 1.23. The Hall–Kier alpha value is 0.0249. The van der Waals surface area contributed by atoms with Gasteiger partial charge in [-0.25, -0.2) is 0 Å². The van der Waals surface area contributed by atoms with Crippen molar-refractivity contribution in [2.24, 2.45) is 0 Å². The maximum Gasteiger partial charge on any atom is 0.222 e. The lowest BCUT2D eigenvalue weighted by atomic mass is 9.44. The summed E-state index contributed by atoms with van der Waals surface area (Å²) in [7, 11) is 2.02. The summed E-state index contributed by atoms with van der Waals surface area (Å²) < 4.78 is 0. The highest BCUT2D eigenvalue weighted by Crippen LogP contribution is 2.30. The highest BCUT2D eigenvalue weighted by atomic mass is 14.7. The van der Waals surface area contributed by atoms with Gasteiger partial charge < -0.3 is 5.23 Å². The molecule has 0 fully saturated rings. The molecule has 11 heavy (non-hydrogen) atoms. The van der Waals surface area contributed by atoms with Crippen LogP contribution in [0.15, 0.2) is 0 Å². The van der Waals surface area contributed by atoms with Gasteiger partial charge in [-0.2, -0.15) is 0 Å². The van der Waals surface area contributed by atoms with Gasteiger partial charge in [0.25, 0.3) is 0 Å². The predicted octanol–water partition coefficient (Wildman–Crippen LogP) is 3.29.